The van der Waals surface area contributed by atoms with Crippen LogP contribution in [-0.4, -0.2) is 36.5 Å². The van der Waals surface area contributed by atoms with Gasteiger partial charge in [0.15, 0.2) is 11.2 Å². The molecule has 9 heteroatoms. The Morgan fingerprint density at radius 1 is 1.12 bits per heavy atom. The molecule has 2 aromatic carbocycles. The number of fused-ring (bicyclic) bond motifs is 1. The minimum atomic E-state index is -0.451. The highest BCUT2D eigenvalue weighted by Crippen LogP contribution is 2.09. The maximum atomic E-state index is 13.4. The molecule has 4 rings (SSSR count). The summed E-state index contributed by atoms with van der Waals surface area (Å²) in [6.07, 6.45) is 2.95. The summed E-state index contributed by atoms with van der Waals surface area (Å²) in [6, 6.07) is 16.1. The number of rotatable bonds is 8. The number of aryl methyl sites for hydroxylation is 1. The van der Waals surface area contributed by atoms with Gasteiger partial charge in [0.05, 0.1) is 6.54 Å². The van der Waals surface area contributed by atoms with Gasteiger partial charge in [-0.15, -0.1) is 5.10 Å². The molecule has 0 spiro atoms. The Labute approximate surface area is 183 Å². The molecular weight excluding hydrogens is 411 g/mol. The number of amides is 1. The molecule has 164 valence electrons. The molecule has 2 aromatic heterocycles. The van der Waals surface area contributed by atoms with Crippen LogP contribution in [0.2, 0.25) is 0 Å². The second kappa shape index (κ2) is 9.51. The normalized spacial score (nSPS) is 12.1. The lowest BCUT2D eigenvalue weighted by molar-refractivity contribution is -0.122. The number of halogens is 1. The predicted octanol–water partition coefficient (Wildman–Crippen LogP) is 2.31. The van der Waals surface area contributed by atoms with E-state index in [1.807, 2.05) is 25.1 Å². The van der Waals surface area contributed by atoms with Gasteiger partial charge in [-0.3, -0.25) is 14.2 Å². The topological polar surface area (TPSA) is 94.7 Å². The largest absolute Gasteiger partial charge is 0.352 e. The fourth-order valence-corrected chi connectivity index (χ4v) is 3.49. The van der Waals surface area contributed by atoms with E-state index in [4.69, 9.17) is 0 Å². The Morgan fingerprint density at radius 2 is 1.91 bits per heavy atom. The Hall–Kier alpha value is -3.88. The summed E-state index contributed by atoms with van der Waals surface area (Å²) in [6.45, 7) is 2.00. The molecule has 8 nitrogen and oxygen atoms in total. The number of benzene rings is 2. The molecule has 1 amide bonds. The van der Waals surface area contributed by atoms with Gasteiger partial charge >= 0.3 is 0 Å². The molecular formula is C23H23FN6O2. The Balaban J connectivity index is 1.40. The molecule has 4 aromatic rings. The molecule has 0 aliphatic carbocycles. The van der Waals surface area contributed by atoms with Crippen molar-refractivity contribution in [2.45, 2.75) is 38.9 Å². The lowest BCUT2D eigenvalue weighted by Crippen LogP contribution is -2.37. The zero-order chi connectivity index (χ0) is 22.5. The summed E-state index contributed by atoms with van der Waals surface area (Å²) < 4.78 is 16.1. The number of hydrogen-bond acceptors (Lipinski definition) is 5. The summed E-state index contributed by atoms with van der Waals surface area (Å²) >= 11 is 0. The predicted molar refractivity (Wildman–Crippen MR) is 117 cm³/mol. The molecule has 0 saturated heterocycles. The highest BCUT2D eigenvalue weighted by molar-refractivity contribution is 5.76. The second-order valence-corrected chi connectivity index (χ2v) is 7.72. The van der Waals surface area contributed by atoms with Gasteiger partial charge in [-0.2, -0.15) is 0 Å². The van der Waals surface area contributed by atoms with E-state index in [-0.39, 0.29) is 42.0 Å². The number of nitrogens with one attached hydrogen (secondary N) is 1. The molecule has 1 atom stereocenters. The van der Waals surface area contributed by atoms with E-state index in [1.165, 1.54) is 33.3 Å². The average Bonchev–Trinajstić information content (AvgIpc) is 3.18. The third-order valence-corrected chi connectivity index (χ3v) is 5.14. The van der Waals surface area contributed by atoms with E-state index in [1.54, 1.807) is 12.1 Å². The number of hydrogen-bond donors (Lipinski definition) is 1. The summed E-state index contributed by atoms with van der Waals surface area (Å²) in [5, 5.41) is 10.8. The lowest BCUT2D eigenvalue weighted by atomic mass is 10.1. The summed E-state index contributed by atoms with van der Waals surface area (Å²) in [4.78, 5) is 29.4. The number of carbonyl (C=O) groups excluding carboxylic acids is 1. The molecule has 1 N–H and O–H groups in total. The van der Waals surface area contributed by atoms with Crippen molar-refractivity contribution in [3.8, 4) is 0 Å². The first-order chi connectivity index (χ1) is 15.5. The summed E-state index contributed by atoms with van der Waals surface area (Å²) in [5.41, 5.74) is 1.78. The van der Waals surface area contributed by atoms with Crippen LogP contribution >= 0.6 is 0 Å². The number of carbonyl (C=O) groups is 1. The first-order valence-corrected chi connectivity index (χ1v) is 10.4. The maximum Gasteiger partial charge on any atom is 0.283 e. The van der Waals surface area contributed by atoms with Crippen molar-refractivity contribution < 1.29 is 9.18 Å². The van der Waals surface area contributed by atoms with E-state index in [9.17, 15) is 14.0 Å². The highest BCUT2D eigenvalue weighted by atomic mass is 19.1. The van der Waals surface area contributed by atoms with E-state index < -0.39 is 5.56 Å². The standard InChI is InChI=1S/C23H23FN6O2/c1-16(10-11-17-6-3-2-4-7-17)26-20(31)14-29-15-25-22-21(23(29)32)27-28-30(22)13-18-8-5-9-19(24)12-18/h2-9,12,15-16H,10-11,13-14H2,1H3,(H,26,31). The van der Waals surface area contributed by atoms with Gasteiger partial charge in [0, 0.05) is 6.04 Å². The van der Waals surface area contributed by atoms with E-state index >= 15 is 0 Å². The Bertz CT molecular complexity index is 1280. The van der Waals surface area contributed by atoms with Crippen molar-refractivity contribution in [2.24, 2.45) is 0 Å². The summed E-state index contributed by atoms with van der Waals surface area (Å²) in [5.74, 6) is -0.632. The van der Waals surface area contributed by atoms with E-state index in [2.05, 4.69) is 32.7 Å². The van der Waals surface area contributed by atoms with Crippen LogP contribution < -0.4 is 10.9 Å². The van der Waals surface area contributed by atoms with Crippen LogP contribution in [0.25, 0.3) is 11.2 Å². The van der Waals surface area contributed by atoms with E-state index in [0.717, 1.165) is 12.8 Å². The minimum absolute atomic E-state index is 0.0396. The average molecular weight is 434 g/mol. The van der Waals surface area contributed by atoms with Crippen LogP contribution in [0, 0.1) is 5.82 Å². The van der Waals surface area contributed by atoms with Crippen molar-refractivity contribution in [3.63, 3.8) is 0 Å². The van der Waals surface area contributed by atoms with Gasteiger partial charge in [-0.05, 0) is 43.0 Å². The molecule has 0 aliphatic rings. The lowest BCUT2D eigenvalue weighted by Gasteiger charge is -2.14. The fourth-order valence-electron chi connectivity index (χ4n) is 3.49. The monoisotopic (exact) mass is 434 g/mol. The maximum absolute atomic E-state index is 13.4. The molecule has 0 aliphatic heterocycles. The van der Waals surface area contributed by atoms with Gasteiger partial charge in [0.25, 0.3) is 5.56 Å². The van der Waals surface area contributed by atoms with Gasteiger partial charge in [-0.25, -0.2) is 14.1 Å². The molecule has 0 fully saturated rings. The molecule has 0 radical (unpaired) electrons. The number of nitrogens with zero attached hydrogens (tertiary/aromatic N) is 5. The van der Waals surface area contributed by atoms with Crippen molar-refractivity contribution in [2.75, 3.05) is 0 Å². The Morgan fingerprint density at radius 3 is 2.69 bits per heavy atom. The van der Waals surface area contributed by atoms with Gasteiger partial charge in [0.1, 0.15) is 18.7 Å². The molecule has 0 bridgehead atoms. The van der Waals surface area contributed by atoms with Gasteiger partial charge in [0.2, 0.25) is 5.91 Å². The number of aromatic nitrogens is 5. The zero-order valence-electron chi connectivity index (χ0n) is 17.6. The van der Waals surface area contributed by atoms with Crippen molar-refractivity contribution >= 4 is 17.1 Å². The second-order valence-electron chi connectivity index (χ2n) is 7.72. The minimum Gasteiger partial charge on any atom is -0.352 e. The molecule has 2 heterocycles. The molecule has 32 heavy (non-hydrogen) atoms. The van der Waals surface area contributed by atoms with Crippen LogP contribution in [-0.2, 0) is 24.3 Å². The van der Waals surface area contributed by atoms with E-state index in [0.29, 0.717) is 5.56 Å². The van der Waals surface area contributed by atoms with Crippen molar-refractivity contribution in [3.05, 3.63) is 88.2 Å². The third-order valence-electron chi connectivity index (χ3n) is 5.14. The van der Waals surface area contributed by atoms with Crippen molar-refractivity contribution in [1.29, 1.82) is 0 Å². The van der Waals surface area contributed by atoms with Crippen LogP contribution in [0.1, 0.15) is 24.5 Å². The van der Waals surface area contributed by atoms with Crippen LogP contribution in [0.15, 0.2) is 65.7 Å². The van der Waals surface area contributed by atoms with Crippen LogP contribution in [0.3, 0.4) is 0 Å². The smallest absolute Gasteiger partial charge is 0.283 e. The van der Waals surface area contributed by atoms with Crippen molar-refractivity contribution in [1.82, 2.24) is 29.9 Å². The summed E-state index contributed by atoms with van der Waals surface area (Å²) in [7, 11) is 0. The fraction of sp³-hybridized carbons (Fsp3) is 0.261. The van der Waals surface area contributed by atoms with Crippen LogP contribution in [0.5, 0.6) is 0 Å². The van der Waals surface area contributed by atoms with Gasteiger partial charge in [-0.1, -0.05) is 47.7 Å². The third kappa shape index (κ3) is 5.05. The highest BCUT2D eigenvalue weighted by Gasteiger charge is 2.15. The Kier molecular flexibility index (Phi) is 6.34. The zero-order valence-corrected chi connectivity index (χ0v) is 17.6. The molecule has 1 unspecified atom stereocenters. The van der Waals surface area contributed by atoms with Crippen LogP contribution in [0.4, 0.5) is 4.39 Å². The first-order valence-electron chi connectivity index (χ1n) is 10.4. The first kappa shape index (κ1) is 21.4. The quantitative estimate of drug-likeness (QED) is 0.459. The molecule has 0 saturated carbocycles. The SMILES string of the molecule is CC(CCc1ccccc1)NC(=O)Cn1cnc2c(nnn2Cc2cccc(F)c2)c1=O. The van der Waals surface area contributed by atoms with Gasteiger partial charge < -0.3 is 5.32 Å².